The van der Waals surface area contributed by atoms with Crippen molar-refractivity contribution >= 4 is 22.6 Å². The molecule has 1 aromatic heterocycles. The maximum Gasteiger partial charge on any atom is 0.340 e. The first kappa shape index (κ1) is 22.5. The number of hydrogen-bond acceptors (Lipinski definition) is 8. The van der Waals surface area contributed by atoms with E-state index >= 15 is 0 Å². The third-order valence-corrected chi connectivity index (χ3v) is 5.83. The lowest BCUT2D eigenvalue weighted by Crippen LogP contribution is -2.33. The lowest BCUT2D eigenvalue weighted by Gasteiger charge is -2.32. The summed E-state index contributed by atoms with van der Waals surface area (Å²) in [7, 11) is 4.36. The minimum atomic E-state index is -0.511. The summed E-state index contributed by atoms with van der Waals surface area (Å²) in [5.74, 6) is 1.02. The fourth-order valence-electron chi connectivity index (χ4n) is 4.13. The van der Waals surface area contributed by atoms with Gasteiger partial charge in [-0.15, -0.1) is 0 Å². The van der Waals surface area contributed by atoms with E-state index in [1.54, 1.807) is 18.2 Å². The molecule has 0 N–H and O–H groups in total. The van der Waals surface area contributed by atoms with Crippen molar-refractivity contribution in [1.82, 2.24) is 0 Å². The molecular formula is C25H27NO7. The summed E-state index contributed by atoms with van der Waals surface area (Å²) in [6.07, 6.45) is 2.80. The van der Waals surface area contributed by atoms with Crippen molar-refractivity contribution in [2.75, 3.05) is 33.0 Å². The van der Waals surface area contributed by atoms with Gasteiger partial charge in [0.1, 0.15) is 11.3 Å². The lowest BCUT2D eigenvalue weighted by molar-refractivity contribution is 0.0600. The van der Waals surface area contributed by atoms with E-state index in [9.17, 15) is 9.59 Å². The van der Waals surface area contributed by atoms with E-state index in [-0.39, 0.29) is 12.4 Å². The summed E-state index contributed by atoms with van der Waals surface area (Å²) < 4.78 is 27.4. The Morgan fingerprint density at radius 3 is 2.55 bits per heavy atom. The Hall–Kier alpha value is -3.68. The summed E-state index contributed by atoms with van der Waals surface area (Å²) >= 11 is 0. The number of anilines is 1. The highest BCUT2D eigenvalue weighted by Crippen LogP contribution is 2.40. The normalized spacial score (nSPS) is 12.8. The Kier molecular flexibility index (Phi) is 6.44. The van der Waals surface area contributed by atoms with Crippen LogP contribution in [0, 0.1) is 0 Å². The molecule has 8 nitrogen and oxygen atoms in total. The van der Waals surface area contributed by atoms with E-state index in [0.29, 0.717) is 40.6 Å². The minimum Gasteiger partial charge on any atom is -0.493 e. The van der Waals surface area contributed by atoms with Gasteiger partial charge in [0.2, 0.25) is 0 Å². The molecule has 2 aromatic carbocycles. The van der Waals surface area contributed by atoms with E-state index in [0.717, 1.165) is 35.8 Å². The van der Waals surface area contributed by atoms with Crippen LogP contribution in [0.25, 0.3) is 11.0 Å². The largest absolute Gasteiger partial charge is 0.493 e. The van der Waals surface area contributed by atoms with Crippen LogP contribution < -0.4 is 24.7 Å². The summed E-state index contributed by atoms with van der Waals surface area (Å²) in [6, 6.07) is 8.71. The Labute approximate surface area is 191 Å². The summed E-state index contributed by atoms with van der Waals surface area (Å²) in [5, 5.41) is 0.896. The number of fused-ring (bicyclic) bond motifs is 3. The van der Waals surface area contributed by atoms with E-state index in [1.165, 1.54) is 21.3 Å². The van der Waals surface area contributed by atoms with Gasteiger partial charge in [-0.2, -0.15) is 0 Å². The summed E-state index contributed by atoms with van der Waals surface area (Å²) in [5.41, 5.74) is 2.71. The molecule has 0 atom stereocenters. The number of ether oxygens (including phenoxy) is 4. The molecule has 0 bridgehead atoms. The zero-order chi connectivity index (χ0) is 23.5. The zero-order valence-corrected chi connectivity index (χ0v) is 19.2. The molecule has 0 saturated carbocycles. The first-order valence-corrected chi connectivity index (χ1v) is 10.8. The van der Waals surface area contributed by atoms with Crippen LogP contribution in [0.4, 0.5) is 5.69 Å². The van der Waals surface area contributed by atoms with Gasteiger partial charge >= 0.3 is 11.6 Å². The van der Waals surface area contributed by atoms with Crippen LogP contribution in [0.5, 0.6) is 17.2 Å². The molecule has 3 aromatic rings. The second-order valence-electron chi connectivity index (χ2n) is 7.80. The fourth-order valence-corrected chi connectivity index (χ4v) is 4.13. The fraction of sp³-hybridized carbons (Fsp3) is 0.360. The number of methoxy groups -OCH3 is 3. The van der Waals surface area contributed by atoms with Crippen LogP contribution >= 0.6 is 0 Å². The maximum absolute atomic E-state index is 12.5. The van der Waals surface area contributed by atoms with Crippen molar-refractivity contribution in [3.63, 3.8) is 0 Å². The second-order valence-corrected chi connectivity index (χ2v) is 7.80. The number of carbonyl (C=O) groups excluding carboxylic acids is 1. The van der Waals surface area contributed by atoms with Gasteiger partial charge < -0.3 is 28.3 Å². The second kappa shape index (κ2) is 9.44. The monoisotopic (exact) mass is 453 g/mol. The topological polar surface area (TPSA) is 87.4 Å². The quantitative estimate of drug-likeness (QED) is 0.387. The minimum absolute atomic E-state index is 0.192. The van der Waals surface area contributed by atoms with Gasteiger partial charge in [-0.05, 0) is 30.5 Å². The van der Waals surface area contributed by atoms with Gasteiger partial charge in [-0.3, -0.25) is 0 Å². The van der Waals surface area contributed by atoms with Crippen LogP contribution in [0.3, 0.4) is 0 Å². The van der Waals surface area contributed by atoms with E-state index in [4.69, 9.17) is 23.4 Å². The van der Waals surface area contributed by atoms with Crippen molar-refractivity contribution in [3.8, 4) is 17.2 Å². The number of rotatable bonds is 7. The van der Waals surface area contributed by atoms with Gasteiger partial charge in [0.25, 0.3) is 0 Å². The van der Waals surface area contributed by atoms with Crippen molar-refractivity contribution in [2.45, 2.75) is 32.7 Å². The molecule has 1 aliphatic heterocycles. The molecule has 0 amide bonds. The Morgan fingerprint density at radius 1 is 1.09 bits per heavy atom. The molecule has 0 aliphatic carbocycles. The standard InChI is InChI=1S/C25H27NO7/c1-5-6-7-15-10-23(27)33-24-16(15)8-9-20-18(24)13-26(14-32-20)19-12-22(30-3)21(29-2)11-17(19)25(28)31-4/h8-12H,5-7,13-14H2,1-4H3. The van der Waals surface area contributed by atoms with Crippen LogP contribution in [-0.4, -0.2) is 34.0 Å². The van der Waals surface area contributed by atoms with E-state index < -0.39 is 5.97 Å². The first-order valence-electron chi connectivity index (χ1n) is 10.8. The molecule has 33 heavy (non-hydrogen) atoms. The van der Waals surface area contributed by atoms with Crippen LogP contribution in [0.2, 0.25) is 0 Å². The summed E-state index contributed by atoms with van der Waals surface area (Å²) in [6.45, 7) is 2.67. The zero-order valence-electron chi connectivity index (χ0n) is 19.2. The number of esters is 1. The molecule has 0 spiro atoms. The Bertz CT molecular complexity index is 1250. The van der Waals surface area contributed by atoms with Gasteiger partial charge in [-0.25, -0.2) is 9.59 Å². The Morgan fingerprint density at radius 2 is 1.85 bits per heavy atom. The number of benzene rings is 2. The highest BCUT2D eigenvalue weighted by atomic mass is 16.5. The molecule has 0 fully saturated rings. The predicted molar refractivity (Wildman–Crippen MR) is 124 cm³/mol. The number of carbonyl (C=O) groups is 1. The Balaban J connectivity index is 1.83. The lowest BCUT2D eigenvalue weighted by atomic mass is 10.0. The average molecular weight is 453 g/mol. The molecule has 0 radical (unpaired) electrons. The molecule has 0 saturated heterocycles. The third-order valence-electron chi connectivity index (χ3n) is 5.83. The molecule has 174 valence electrons. The van der Waals surface area contributed by atoms with E-state index in [1.807, 2.05) is 17.0 Å². The van der Waals surface area contributed by atoms with Crippen LogP contribution in [-0.2, 0) is 17.7 Å². The van der Waals surface area contributed by atoms with Gasteiger partial charge in [0.15, 0.2) is 18.2 Å². The maximum atomic E-state index is 12.5. The summed E-state index contributed by atoms with van der Waals surface area (Å²) in [4.78, 5) is 26.7. The van der Waals surface area contributed by atoms with Crippen molar-refractivity contribution in [1.29, 1.82) is 0 Å². The molecule has 8 heteroatoms. The molecule has 1 aliphatic rings. The molecule has 4 rings (SSSR count). The SMILES string of the molecule is CCCCc1cc(=O)oc2c3c(ccc12)OCN(c1cc(OC)c(OC)cc1C(=O)OC)C3. The van der Waals surface area contributed by atoms with Crippen molar-refractivity contribution in [3.05, 3.63) is 57.4 Å². The number of nitrogens with zero attached hydrogens (tertiary/aromatic N) is 1. The van der Waals surface area contributed by atoms with Gasteiger partial charge in [-0.1, -0.05) is 13.3 Å². The predicted octanol–water partition coefficient (Wildman–Crippen LogP) is 4.30. The van der Waals surface area contributed by atoms with Crippen molar-refractivity contribution < 1.29 is 28.2 Å². The number of unbranched alkanes of at least 4 members (excludes halogenated alkanes) is 1. The highest BCUT2D eigenvalue weighted by Gasteiger charge is 2.27. The van der Waals surface area contributed by atoms with Crippen molar-refractivity contribution in [2.24, 2.45) is 0 Å². The van der Waals surface area contributed by atoms with E-state index in [2.05, 4.69) is 6.92 Å². The van der Waals surface area contributed by atoms with Crippen LogP contribution in [0.1, 0.15) is 41.3 Å². The van der Waals surface area contributed by atoms with Gasteiger partial charge in [0, 0.05) is 23.6 Å². The third kappa shape index (κ3) is 4.20. The number of aryl methyl sites for hydroxylation is 1. The van der Waals surface area contributed by atoms with Crippen LogP contribution in [0.15, 0.2) is 39.5 Å². The molecule has 2 heterocycles. The number of hydrogen-bond donors (Lipinski definition) is 0. The first-order chi connectivity index (χ1) is 16.0. The van der Waals surface area contributed by atoms with Gasteiger partial charge in [0.05, 0.1) is 44.7 Å². The highest BCUT2D eigenvalue weighted by molar-refractivity contribution is 5.97. The molecular weight excluding hydrogens is 426 g/mol. The molecule has 0 unspecified atom stereocenters. The smallest absolute Gasteiger partial charge is 0.340 e. The average Bonchev–Trinajstić information content (AvgIpc) is 2.85.